The van der Waals surface area contributed by atoms with Gasteiger partial charge in [0.15, 0.2) is 5.52 Å². The van der Waals surface area contributed by atoms with Gasteiger partial charge in [-0.25, -0.2) is 14.6 Å². The summed E-state index contributed by atoms with van der Waals surface area (Å²) >= 11 is 0. The Hall–Kier alpha value is -3.44. The second-order valence-corrected chi connectivity index (χ2v) is 9.78. The van der Waals surface area contributed by atoms with E-state index >= 15 is 0 Å². The highest BCUT2D eigenvalue weighted by atomic mass is 16.6. The van der Waals surface area contributed by atoms with Gasteiger partial charge in [-0.15, -0.1) is 0 Å². The molecule has 2 amide bonds. The van der Waals surface area contributed by atoms with Crippen LogP contribution in [0.25, 0.3) is 11.0 Å². The molecule has 3 rings (SSSR count). The van der Waals surface area contributed by atoms with Crippen LogP contribution in [0, 0.1) is 0 Å². The van der Waals surface area contributed by atoms with Gasteiger partial charge in [-0.2, -0.15) is 5.10 Å². The molecule has 0 aromatic carbocycles. The Morgan fingerprint density at radius 1 is 1.23 bits per heavy atom. The summed E-state index contributed by atoms with van der Waals surface area (Å²) in [6.07, 6.45) is 1.28. The van der Waals surface area contributed by atoms with E-state index in [2.05, 4.69) is 15.4 Å². The number of ether oxygens (including phenoxy) is 1. The lowest BCUT2D eigenvalue weighted by atomic mass is 10.1. The van der Waals surface area contributed by atoms with Crippen molar-refractivity contribution in [2.45, 2.75) is 84.5 Å². The molecule has 0 saturated carbocycles. The van der Waals surface area contributed by atoms with Gasteiger partial charge in [0.2, 0.25) is 5.91 Å². The molecule has 2 aromatic rings. The summed E-state index contributed by atoms with van der Waals surface area (Å²) in [5.41, 5.74) is 0.501. The number of hydrogen-bond acceptors (Lipinski definition) is 7. The number of likely N-dealkylation sites (tertiary alicyclic amines) is 1. The van der Waals surface area contributed by atoms with Crippen molar-refractivity contribution in [2.75, 3.05) is 6.54 Å². The number of nitrogens with zero attached hydrogens (tertiary/aromatic N) is 5. The van der Waals surface area contributed by atoms with Gasteiger partial charge in [0.25, 0.3) is 5.56 Å². The van der Waals surface area contributed by atoms with Crippen molar-refractivity contribution < 1.29 is 24.2 Å². The van der Waals surface area contributed by atoms with Crippen LogP contribution in [0.1, 0.15) is 59.0 Å². The first-order valence-corrected chi connectivity index (χ1v) is 11.8. The molecule has 35 heavy (non-hydrogen) atoms. The molecule has 3 heterocycles. The van der Waals surface area contributed by atoms with Crippen LogP contribution in [-0.4, -0.2) is 71.5 Å². The van der Waals surface area contributed by atoms with Crippen LogP contribution in [0.5, 0.6) is 0 Å². The Morgan fingerprint density at radius 2 is 1.91 bits per heavy atom. The normalized spacial score (nSPS) is 18.2. The van der Waals surface area contributed by atoms with E-state index in [-0.39, 0.29) is 25.1 Å². The third-order valence-corrected chi connectivity index (χ3v) is 5.78. The van der Waals surface area contributed by atoms with E-state index in [9.17, 15) is 24.3 Å². The molecule has 12 heteroatoms. The van der Waals surface area contributed by atoms with Crippen molar-refractivity contribution in [3.63, 3.8) is 0 Å². The van der Waals surface area contributed by atoms with Gasteiger partial charge in [-0.3, -0.25) is 23.7 Å². The summed E-state index contributed by atoms with van der Waals surface area (Å²) in [5.74, 6) is -1.18. The van der Waals surface area contributed by atoms with Gasteiger partial charge in [0.05, 0.1) is 5.69 Å². The van der Waals surface area contributed by atoms with Gasteiger partial charge in [0.1, 0.15) is 29.5 Å². The minimum absolute atomic E-state index is 0.00739. The maximum absolute atomic E-state index is 13.3. The fourth-order valence-corrected chi connectivity index (χ4v) is 4.31. The number of nitrogens with one attached hydrogen (secondary N) is 1. The lowest BCUT2D eigenvalue weighted by molar-refractivity contribution is -0.142. The topological polar surface area (TPSA) is 149 Å². The summed E-state index contributed by atoms with van der Waals surface area (Å²) in [4.78, 5) is 56.1. The average Bonchev–Trinajstić information content (AvgIpc) is 3.30. The first kappa shape index (κ1) is 26.2. The lowest BCUT2D eigenvalue weighted by Crippen LogP contribution is -2.44. The van der Waals surface area contributed by atoms with Crippen molar-refractivity contribution in [3.8, 4) is 0 Å². The van der Waals surface area contributed by atoms with E-state index < -0.39 is 35.7 Å². The number of rotatable bonds is 7. The maximum Gasteiger partial charge on any atom is 0.411 e. The largest absolute Gasteiger partial charge is 0.480 e. The third kappa shape index (κ3) is 5.63. The van der Waals surface area contributed by atoms with Gasteiger partial charge < -0.3 is 15.2 Å². The van der Waals surface area contributed by atoms with E-state index in [1.807, 2.05) is 13.8 Å². The predicted molar refractivity (Wildman–Crippen MR) is 127 cm³/mol. The fourth-order valence-electron chi connectivity index (χ4n) is 4.31. The minimum atomic E-state index is -1.18. The Bertz CT molecular complexity index is 1190. The van der Waals surface area contributed by atoms with E-state index in [4.69, 9.17) is 4.74 Å². The molecule has 192 valence electrons. The molecule has 12 nitrogen and oxygen atoms in total. The third-order valence-electron chi connectivity index (χ3n) is 5.78. The van der Waals surface area contributed by atoms with Crippen molar-refractivity contribution in [1.29, 1.82) is 0 Å². The zero-order valence-electron chi connectivity index (χ0n) is 21.1. The van der Waals surface area contributed by atoms with E-state index in [0.29, 0.717) is 29.7 Å². The second-order valence-electron chi connectivity index (χ2n) is 9.78. The highest BCUT2D eigenvalue weighted by Gasteiger charge is 2.42. The van der Waals surface area contributed by atoms with Crippen LogP contribution in [0.4, 0.5) is 4.79 Å². The molecule has 2 N–H and O–H groups in total. The van der Waals surface area contributed by atoms with Crippen molar-refractivity contribution in [2.24, 2.45) is 7.05 Å². The first-order chi connectivity index (χ1) is 16.4. The Balaban J connectivity index is 1.80. The Kier molecular flexibility index (Phi) is 7.51. The van der Waals surface area contributed by atoms with Crippen molar-refractivity contribution >= 4 is 29.0 Å². The number of amides is 2. The molecule has 0 bridgehead atoms. The second kappa shape index (κ2) is 10.0. The van der Waals surface area contributed by atoms with E-state index in [1.165, 1.54) is 9.25 Å². The molecule has 0 unspecified atom stereocenters. The molecule has 0 spiro atoms. The standard InChI is InChI=1S/C23H34N6O6/c1-7-9-14-18-19(27(6)26-14)20(31)29(16(8-2)25-18)12-17(30)24-13-10-15(21(32)33)28(11-13)22(34)35-23(3,4)5/h13,15H,7-12H2,1-6H3,(H,24,30)(H,32,33)/t13-,15-/m0/s1. The molecule has 1 saturated heterocycles. The van der Waals surface area contributed by atoms with E-state index in [1.54, 1.807) is 27.8 Å². The predicted octanol–water partition coefficient (Wildman–Crippen LogP) is 1.22. The van der Waals surface area contributed by atoms with Crippen LogP contribution in [-0.2, 0) is 40.8 Å². The number of aliphatic carboxylic acids is 1. The van der Waals surface area contributed by atoms with Gasteiger partial charge in [0, 0.05) is 32.5 Å². The quantitative estimate of drug-likeness (QED) is 0.589. The average molecular weight is 491 g/mol. The lowest BCUT2D eigenvalue weighted by Gasteiger charge is -2.26. The van der Waals surface area contributed by atoms with Crippen molar-refractivity contribution in [1.82, 2.24) is 29.5 Å². The number of carbonyl (C=O) groups excluding carboxylic acids is 2. The van der Waals surface area contributed by atoms with Crippen molar-refractivity contribution in [3.05, 3.63) is 21.9 Å². The molecule has 1 aliphatic rings. The number of carboxylic acids is 1. The number of aryl methyl sites for hydroxylation is 3. The molecule has 0 radical (unpaired) electrons. The molecule has 2 atom stereocenters. The summed E-state index contributed by atoms with van der Waals surface area (Å²) in [5, 5.41) is 16.8. The van der Waals surface area contributed by atoms with Gasteiger partial charge >= 0.3 is 12.1 Å². The molecule has 0 aliphatic carbocycles. The van der Waals surface area contributed by atoms with Crippen LogP contribution >= 0.6 is 0 Å². The molecule has 2 aromatic heterocycles. The smallest absolute Gasteiger partial charge is 0.411 e. The Labute approximate surface area is 203 Å². The van der Waals surface area contributed by atoms with Crippen LogP contribution in [0.15, 0.2) is 4.79 Å². The first-order valence-electron chi connectivity index (χ1n) is 11.8. The SMILES string of the molecule is CCCc1nn(C)c2c(=O)n(CC(=O)N[C@H]3C[C@@H](C(=O)O)N(C(=O)OC(C)(C)C)C3)c(CC)nc12. The van der Waals surface area contributed by atoms with Gasteiger partial charge in [-0.1, -0.05) is 20.3 Å². The minimum Gasteiger partial charge on any atom is -0.480 e. The summed E-state index contributed by atoms with van der Waals surface area (Å²) in [6.45, 7) is 8.66. The number of fused-ring (bicyclic) bond motifs is 1. The zero-order valence-corrected chi connectivity index (χ0v) is 21.1. The molecular weight excluding hydrogens is 456 g/mol. The highest BCUT2D eigenvalue weighted by molar-refractivity contribution is 5.82. The van der Waals surface area contributed by atoms with E-state index in [0.717, 1.165) is 17.0 Å². The highest BCUT2D eigenvalue weighted by Crippen LogP contribution is 2.22. The summed E-state index contributed by atoms with van der Waals surface area (Å²) in [7, 11) is 1.68. The summed E-state index contributed by atoms with van der Waals surface area (Å²) in [6, 6.07) is -1.71. The number of hydrogen-bond donors (Lipinski definition) is 2. The van der Waals surface area contributed by atoms with Crippen LogP contribution < -0.4 is 10.9 Å². The number of aromatic nitrogens is 4. The molecular formula is C23H34N6O6. The molecule has 1 aliphatic heterocycles. The van der Waals surface area contributed by atoms with Crippen LogP contribution in [0.2, 0.25) is 0 Å². The monoisotopic (exact) mass is 490 g/mol. The number of carbonyl (C=O) groups is 3. The maximum atomic E-state index is 13.3. The number of carboxylic acid groups (broad SMARTS) is 1. The summed E-state index contributed by atoms with van der Waals surface area (Å²) < 4.78 is 8.14. The van der Waals surface area contributed by atoms with Crippen LogP contribution in [0.3, 0.4) is 0 Å². The Morgan fingerprint density at radius 3 is 2.49 bits per heavy atom. The zero-order chi connectivity index (χ0) is 26.1. The van der Waals surface area contributed by atoms with Gasteiger partial charge in [-0.05, 0) is 27.2 Å². The fraction of sp³-hybridized carbons (Fsp3) is 0.652. The molecule has 1 fully saturated rings.